The Morgan fingerprint density at radius 2 is 2.33 bits per heavy atom. The average molecular weight is 248 g/mol. The van der Waals surface area contributed by atoms with Crippen LogP contribution < -0.4 is 5.73 Å². The lowest BCUT2D eigenvalue weighted by Crippen LogP contribution is -2.12. The number of nitrogens with two attached hydrogens (primary N) is 1. The highest BCUT2D eigenvalue weighted by Crippen LogP contribution is 2.11. The number of nitrogens with one attached hydrogen (secondary N) is 1. The van der Waals surface area contributed by atoms with Crippen LogP contribution in [0.2, 0.25) is 0 Å². The first-order valence-corrected chi connectivity index (χ1v) is 5.41. The summed E-state index contributed by atoms with van der Waals surface area (Å²) in [6.45, 7) is 3.71. The summed E-state index contributed by atoms with van der Waals surface area (Å²) in [5.41, 5.74) is 6.87. The smallest absolute Gasteiger partial charge is 0.269 e. The van der Waals surface area contributed by atoms with Gasteiger partial charge in [-0.3, -0.25) is 14.9 Å². The predicted molar refractivity (Wildman–Crippen MR) is 70.3 cm³/mol. The molecule has 1 unspecified atom stereocenters. The van der Waals surface area contributed by atoms with Gasteiger partial charge in [0.2, 0.25) is 0 Å². The molecule has 0 radical (unpaired) electrons. The number of amides is 1. The predicted octanol–water partition coefficient (Wildman–Crippen LogP) is 1.57. The van der Waals surface area contributed by atoms with E-state index in [0.717, 1.165) is 17.5 Å². The number of allylic oxidation sites excluding steroid dienone is 1. The fourth-order valence-corrected chi connectivity index (χ4v) is 1.34. The van der Waals surface area contributed by atoms with Gasteiger partial charge in [-0.05, 0) is 13.0 Å². The van der Waals surface area contributed by atoms with Crippen LogP contribution in [-0.4, -0.2) is 27.4 Å². The van der Waals surface area contributed by atoms with Crippen molar-refractivity contribution < 1.29 is 9.90 Å². The Morgan fingerprint density at radius 1 is 1.61 bits per heavy atom. The molecule has 1 heterocycles. The number of rotatable bonds is 5. The standard InChI is InChI=1S/C12H16N4O2/c1-8(7-14-5-6-17)3-4-10-9(2)11(12(13)18)16-15-10/h3-8,17H,1-2H3,(H2,13,18)(H,15,16)/b4-3-,6-5-,14-7?. The number of aliphatic hydroxyl groups excluding tert-OH is 1. The summed E-state index contributed by atoms with van der Waals surface area (Å²) < 4.78 is 0. The summed E-state index contributed by atoms with van der Waals surface area (Å²) in [7, 11) is 0. The normalized spacial score (nSPS) is 13.9. The molecule has 18 heavy (non-hydrogen) atoms. The summed E-state index contributed by atoms with van der Waals surface area (Å²) in [5, 5.41) is 15.0. The molecule has 0 saturated heterocycles. The van der Waals surface area contributed by atoms with E-state index in [2.05, 4.69) is 15.2 Å². The van der Waals surface area contributed by atoms with E-state index in [1.165, 1.54) is 6.20 Å². The third-order valence-electron chi connectivity index (χ3n) is 2.32. The number of aliphatic hydroxyl groups is 1. The van der Waals surface area contributed by atoms with Gasteiger partial charge in [0.25, 0.3) is 5.91 Å². The maximum atomic E-state index is 11.0. The Labute approximate surface area is 105 Å². The van der Waals surface area contributed by atoms with Crippen molar-refractivity contribution >= 4 is 18.2 Å². The molecule has 0 saturated carbocycles. The van der Waals surface area contributed by atoms with Crippen LogP contribution in [0.25, 0.3) is 6.08 Å². The average Bonchev–Trinajstić information content (AvgIpc) is 2.68. The first-order chi connectivity index (χ1) is 8.56. The highest BCUT2D eigenvalue weighted by atomic mass is 16.2. The number of aromatic amines is 1. The Bertz CT molecular complexity index is 500. The molecule has 96 valence electrons. The number of aliphatic imine (C=N–C) groups is 1. The van der Waals surface area contributed by atoms with E-state index in [1.54, 1.807) is 13.1 Å². The van der Waals surface area contributed by atoms with Crippen molar-refractivity contribution in [3.8, 4) is 0 Å². The number of aromatic nitrogens is 2. The van der Waals surface area contributed by atoms with Gasteiger partial charge in [0.15, 0.2) is 5.69 Å². The van der Waals surface area contributed by atoms with Gasteiger partial charge in [0.1, 0.15) is 0 Å². The first kappa shape index (κ1) is 13.7. The van der Waals surface area contributed by atoms with Gasteiger partial charge in [-0.15, -0.1) is 0 Å². The fraction of sp³-hybridized carbons (Fsp3) is 0.250. The number of nitrogens with zero attached hydrogens (tertiary/aromatic N) is 2. The largest absolute Gasteiger partial charge is 0.514 e. The summed E-state index contributed by atoms with van der Waals surface area (Å²) >= 11 is 0. The lowest BCUT2D eigenvalue weighted by atomic mass is 10.1. The number of primary amides is 1. The van der Waals surface area contributed by atoms with Gasteiger partial charge >= 0.3 is 0 Å². The molecule has 0 aliphatic heterocycles. The maximum Gasteiger partial charge on any atom is 0.269 e. The molecule has 6 heteroatoms. The van der Waals surface area contributed by atoms with Gasteiger partial charge in [-0.2, -0.15) is 5.10 Å². The molecule has 1 aromatic rings. The summed E-state index contributed by atoms with van der Waals surface area (Å²) in [5.74, 6) is -0.466. The lowest BCUT2D eigenvalue weighted by Gasteiger charge is -1.96. The molecule has 0 spiro atoms. The van der Waals surface area contributed by atoms with Crippen LogP contribution in [0, 0.1) is 12.8 Å². The minimum absolute atomic E-state index is 0.0842. The summed E-state index contributed by atoms with van der Waals surface area (Å²) in [6, 6.07) is 0. The fourth-order valence-electron chi connectivity index (χ4n) is 1.34. The van der Waals surface area contributed by atoms with Gasteiger partial charge in [-0.25, -0.2) is 0 Å². The van der Waals surface area contributed by atoms with Crippen LogP contribution in [0.15, 0.2) is 23.5 Å². The number of carbonyl (C=O) groups is 1. The molecule has 1 atom stereocenters. The zero-order chi connectivity index (χ0) is 13.5. The van der Waals surface area contributed by atoms with Crippen molar-refractivity contribution in [1.29, 1.82) is 0 Å². The Kier molecular flexibility index (Phi) is 4.86. The van der Waals surface area contributed by atoms with Crippen molar-refractivity contribution in [2.75, 3.05) is 0 Å². The highest BCUT2D eigenvalue weighted by Gasteiger charge is 2.11. The summed E-state index contributed by atoms with van der Waals surface area (Å²) in [6.07, 6.45) is 7.53. The Hall–Kier alpha value is -2.37. The van der Waals surface area contributed by atoms with Crippen molar-refractivity contribution in [1.82, 2.24) is 10.2 Å². The quantitative estimate of drug-likeness (QED) is 0.544. The molecular weight excluding hydrogens is 232 g/mol. The number of hydrogen-bond donors (Lipinski definition) is 3. The van der Waals surface area contributed by atoms with Crippen LogP contribution in [-0.2, 0) is 0 Å². The molecule has 1 rings (SSSR count). The van der Waals surface area contributed by atoms with Crippen molar-refractivity contribution in [2.45, 2.75) is 13.8 Å². The van der Waals surface area contributed by atoms with E-state index in [0.29, 0.717) is 0 Å². The maximum absolute atomic E-state index is 11.0. The molecule has 0 aromatic carbocycles. The minimum atomic E-state index is -0.550. The van der Waals surface area contributed by atoms with Crippen LogP contribution in [0.1, 0.15) is 28.7 Å². The van der Waals surface area contributed by atoms with Crippen LogP contribution in [0.5, 0.6) is 0 Å². The summed E-state index contributed by atoms with van der Waals surface area (Å²) in [4.78, 5) is 14.9. The number of carbonyl (C=O) groups excluding carboxylic acids is 1. The molecule has 6 nitrogen and oxygen atoms in total. The second-order valence-electron chi connectivity index (χ2n) is 3.79. The molecule has 1 aromatic heterocycles. The molecule has 0 aliphatic rings. The van der Waals surface area contributed by atoms with Crippen LogP contribution >= 0.6 is 0 Å². The zero-order valence-corrected chi connectivity index (χ0v) is 10.3. The van der Waals surface area contributed by atoms with Gasteiger partial charge in [-0.1, -0.05) is 13.0 Å². The molecule has 0 bridgehead atoms. The lowest BCUT2D eigenvalue weighted by molar-refractivity contribution is 0.0995. The van der Waals surface area contributed by atoms with E-state index < -0.39 is 5.91 Å². The minimum Gasteiger partial charge on any atom is -0.514 e. The second-order valence-corrected chi connectivity index (χ2v) is 3.79. The third-order valence-corrected chi connectivity index (χ3v) is 2.32. The van der Waals surface area contributed by atoms with Crippen molar-refractivity contribution in [3.63, 3.8) is 0 Å². The van der Waals surface area contributed by atoms with Crippen LogP contribution in [0.4, 0.5) is 0 Å². The van der Waals surface area contributed by atoms with Gasteiger partial charge in [0, 0.05) is 17.7 Å². The van der Waals surface area contributed by atoms with Crippen molar-refractivity contribution in [2.24, 2.45) is 16.6 Å². The molecular formula is C12H16N4O2. The molecule has 4 N–H and O–H groups in total. The van der Waals surface area contributed by atoms with Crippen LogP contribution in [0.3, 0.4) is 0 Å². The molecule has 1 amide bonds. The monoisotopic (exact) mass is 248 g/mol. The van der Waals surface area contributed by atoms with E-state index in [1.807, 2.05) is 19.1 Å². The third kappa shape index (κ3) is 3.58. The Morgan fingerprint density at radius 3 is 2.89 bits per heavy atom. The zero-order valence-electron chi connectivity index (χ0n) is 10.3. The second kappa shape index (κ2) is 6.39. The van der Waals surface area contributed by atoms with E-state index in [9.17, 15) is 4.79 Å². The number of H-pyrrole nitrogens is 1. The Balaban J connectivity index is 2.76. The van der Waals surface area contributed by atoms with Gasteiger partial charge in [0.05, 0.1) is 18.2 Å². The van der Waals surface area contributed by atoms with E-state index in [-0.39, 0.29) is 11.6 Å². The topological polar surface area (TPSA) is 104 Å². The molecule has 0 aliphatic carbocycles. The highest BCUT2D eigenvalue weighted by molar-refractivity contribution is 5.93. The van der Waals surface area contributed by atoms with E-state index in [4.69, 9.17) is 10.8 Å². The van der Waals surface area contributed by atoms with Gasteiger partial charge < -0.3 is 10.8 Å². The number of hydrogen-bond acceptors (Lipinski definition) is 4. The molecule has 0 fully saturated rings. The first-order valence-electron chi connectivity index (χ1n) is 5.41. The SMILES string of the molecule is Cc1c(C(N)=O)n[nH]c1/C=C\C(C)C=N/C=C\O. The van der Waals surface area contributed by atoms with Crippen molar-refractivity contribution in [3.05, 3.63) is 35.5 Å². The van der Waals surface area contributed by atoms with E-state index >= 15 is 0 Å².